The van der Waals surface area contributed by atoms with Gasteiger partial charge >= 0.3 is 0 Å². The van der Waals surface area contributed by atoms with Crippen LogP contribution in [0.1, 0.15) is 18.4 Å². The molecule has 1 aromatic rings. The van der Waals surface area contributed by atoms with Gasteiger partial charge in [0.25, 0.3) is 0 Å². The Morgan fingerprint density at radius 1 is 1.29 bits per heavy atom. The van der Waals surface area contributed by atoms with Gasteiger partial charge in [-0.25, -0.2) is 4.39 Å². The van der Waals surface area contributed by atoms with Gasteiger partial charge in [-0.15, -0.1) is 0 Å². The van der Waals surface area contributed by atoms with E-state index >= 15 is 0 Å². The van der Waals surface area contributed by atoms with E-state index in [1.165, 1.54) is 0 Å². The highest BCUT2D eigenvalue weighted by molar-refractivity contribution is 9.10. The van der Waals surface area contributed by atoms with E-state index in [9.17, 15) is 14.6 Å². The maximum absolute atomic E-state index is 12.9. The van der Waals surface area contributed by atoms with Crippen LogP contribution in [0.25, 0.3) is 0 Å². The third-order valence-corrected chi connectivity index (χ3v) is 2.99. The van der Waals surface area contributed by atoms with E-state index in [1.54, 1.807) is 0 Å². The average Bonchev–Trinajstić information content (AvgIpc) is 2.80. The number of phenolic OH excluding ortho intramolecular Hbond substituents is 2. The lowest BCUT2D eigenvalue weighted by Gasteiger charge is -2.14. The highest BCUT2D eigenvalue weighted by atomic mass is 79.9. The van der Waals surface area contributed by atoms with Crippen LogP contribution in [-0.2, 0) is 5.60 Å². The largest absolute Gasteiger partial charge is 0.504 e. The van der Waals surface area contributed by atoms with Crippen molar-refractivity contribution >= 4 is 15.9 Å². The summed E-state index contributed by atoms with van der Waals surface area (Å²) in [6.07, 6.45) is 1.01. The summed E-state index contributed by atoms with van der Waals surface area (Å²) in [5, 5.41) is 28.4. The van der Waals surface area contributed by atoms with Gasteiger partial charge in [0, 0.05) is 10.0 Å². The smallest absolute Gasteiger partial charge is 0.194 e. The molecular weight excluding hydrogens is 255 g/mol. The van der Waals surface area contributed by atoms with Gasteiger partial charge in [0.15, 0.2) is 17.3 Å². The molecular formula is C9H8BrFO3. The molecule has 5 heteroatoms. The standard InChI is InChI=1S/C9H8BrFO3/c10-4-3-5(11)7(12)8(13)6(4)9(14)1-2-9/h3,12-14H,1-2H2. The molecule has 1 aliphatic carbocycles. The second-order valence-electron chi connectivity index (χ2n) is 3.44. The normalized spacial score (nSPS) is 18.2. The Morgan fingerprint density at radius 3 is 2.36 bits per heavy atom. The van der Waals surface area contributed by atoms with Crippen LogP contribution < -0.4 is 0 Å². The van der Waals surface area contributed by atoms with Gasteiger partial charge < -0.3 is 15.3 Å². The number of aliphatic hydroxyl groups is 1. The fourth-order valence-corrected chi connectivity index (χ4v) is 2.17. The van der Waals surface area contributed by atoms with Crippen LogP contribution in [0.5, 0.6) is 11.5 Å². The van der Waals surface area contributed by atoms with Crippen LogP contribution in [0.3, 0.4) is 0 Å². The van der Waals surface area contributed by atoms with Crippen molar-refractivity contribution in [1.29, 1.82) is 0 Å². The second kappa shape index (κ2) is 2.84. The number of hydrogen-bond acceptors (Lipinski definition) is 3. The first kappa shape index (κ1) is 9.73. The molecule has 14 heavy (non-hydrogen) atoms. The van der Waals surface area contributed by atoms with Crippen LogP contribution in [0.2, 0.25) is 0 Å². The van der Waals surface area contributed by atoms with Crippen LogP contribution in [0.15, 0.2) is 10.5 Å². The zero-order chi connectivity index (χ0) is 10.5. The summed E-state index contributed by atoms with van der Waals surface area (Å²) in [7, 11) is 0. The van der Waals surface area contributed by atoms with Crippen molar-refractivity contribution in [3.8, 4) is 11.5 Å². The fourth-order valence-electron chi connectivity index (χ4n) is 1.41. The molecule has 1 aliphatic rings. The SMILES string of the molecule is Oc1c(F)cc(Br)c(C2(O)CC2)c1O. The Balaban J connectivity index is 2.65. The highest BCUT2D eigenvalue weighted by Gasteiger charge is 2.46. The van der Waals surface area contributed by atoms with E-state index < -0.39 is 22.9 Å². The summed E-state index contributed by atoms with van der Waals surface area (Å²) in [5.41, 5.74) is -0.954. The molecule has 76 valence electrons. The monoisotopic (exact) mass is 262 g/mol. The predicted molar refractivity (Wildman–Crippen MR) is 50.6 cm³/mol. The van der Waals surface area contributed by atoms with Gasteiger partial charge in [-0.05, 0) is 18.9 Å². The minimum absolute atomic E-state index is 0.163. The number of aromatic hydroxyl groups is 2. The van der Waals surface area contributed by atoms with Crippen LogP contribution in [0.4, 0.5) is 4.39 Å². The van der Waals surface area contributed by atoms with Crippen molar-refractivity contribution in [2.45, 2.75) is 18.4 Å². The summed E-state index contributed by atoms with van der Waals surface area (Å²) in [6.45, 7) is 0. The molecule has 0 aliphatic heterocycles. The van der Waals surface area contributed by atoms with Gasteiger partial charge in [-0.1, -0.05) is 15.9 Å². The molecule has 0 amide bonds. The van der Waals surface area contributed by atoms with Gasteiger partial charge in [-0.3, -0.25) is 0 Å². The van der Waals surface area contributed by atoms with Crippen molar-refractivity contribution in [2.75, 3.05) is 0 Å². The topological polar surface area (TPSA) is 60.7 Å². The second-order valence-corrected chi connectivity index (χ2v) is 4.30. The van der Waals surface area contributed by atoms with Gasteiger partial charge in [0.05, 0.1) is 5.60 Å². The first-order valence-electron chi connectivity index (χ1n) is 4.08. The Kier molecular flexibility index (Phi) is 1.97. The minimum atomic E-state index is -1.12. The van der Waals surface area contributed by atoms with Crippen molar-refractivity contribution in [3.63, 3.8) is 0 Å². The molecule has 3 nitrogen and oxygen atoms in total. The van der Waals surface area contributed by atoms with E-state index in [0.29, 0.717) is 12.8 Å². The van der Waals surface area contributed by atoms with Crippen molar-refractivity contribution in [1.82, 2.24) is 0 Å². The van der Waals surface area contributed by atoms with E-state index in [-0.39, 0.29) is 10.0 Å². The van der Waals surface area contributed by atoms with Gasteiger partial charge in [0.2, 0.25) is 0 Å². The quantitative estimate of drug-likeness (QED) is 0.679. The maximum Gasteiger partial charge on any atom is 0.194 e. The first-order valence-corrected chi connectivity index (χ1v) is 4.88. The molecule has 0 unspecified atom stereocenters. The number of phenols is 2. The Labute approximate surface area is 87.9 Å². The molecule has 1 fully saturated rings. The van der Waals surface area contributed by atoms with Crippen molar-refractivity contribution < 1.29 is 19.7 Å². The molecule has 0 radical (unpaired) electrons. The summed E-state index contributed by atoms with van der Waals surface area (Å²) >= 11 is 3.04. The Hall–Kier alpha value is -0.810. The van der Waals surface area contributed by atoms with E-state index in [1.807, 2.05) is 0 Å². The average molecular weight is 263 g/mol. The maximum atomic E-state index is 12.9. The lowest BCUT2D eigenvalue weighted by Crippen LogP contribution is -2.06. The zero-order valence-electron chi connectivity index (χ0n) is 7.09. The molecule has 3 N–H and O–H groups in total. The molecule has 1 saturated carbocycles. The molecule has 0 bridgehead atoms. The summed E-state index contributed by atoms with van der Waals surface area (Å²) < 4.78 is 13.2. The summed E-state index contributed by atoms with van der Waals surface area (Å²) in [6, 6.07) is 1.03. The lowest BCUT2D eigenvalue weighted by molar-refractivity contribution is 0.146. The molecule has 0 spiro atoms. The minimum Gasteiger partial charge on any atom is -0.504 e. The third kappa shape index (κ3) is 1.27. The summed E-state index contributed by atoms with van der Waals surface area (Å²) in [5.74, 6) is -2.32. The van der Waals surface area contributed by atoms with Gasteiger partial charge in [0.1, 0.15) is 0 Å². The lowest BCUT2D eigenvalue weighted by atomic mass is 10.1. The predicted octanol–water partition coefficient (Wildman–Crippen LogP) is 1.98. The van der Waals surface area contributed by atoms with Crippen molar-refractivity contribution in [3.05, 3.63) is 21.9 Å². The molecule has 0 atom stereocenters. The molecule has 0 aromatic heterocycles. The molecule has 2 rings (SSSR count). The van der Waals surface area contributed by atoms with Crippen LogP contribution in [0, 0.1) is 5.82 Å². The molecule has 0 saturated heterocycles. The number of halogens is 2. The third-order valence-electron chi connectivity index (χ3n) is 2.37. The summed E-state index contributed by atoms with van der Waals surface area (Å²) in [4.78, 5) is 0. The van der Waals surface area contributed by atoms with Crippen LogP contribution in [-0.4, -0.2) is 15.3 Å². The first-order chi connectivity index (χ1) is 6.46. The number of benzene rings is 1. The number of hydrogen-bond donors (Lipinski definition) is 3. The van der Waals surface area contributed by atoms with Crippen molar-refractivity contribution in [2.24, 2.45) is 0 Å². The van der Waals surface area contributed by atoms with Gasteiger partial charge in [-0.2, -0.15) is 0 Å². The Morgan fingerprint density at radius 2 is 1.86 bits per heavy atom. The number of rotatable bonds is 1. The Bertz CT molecular complexity index is 402. The highest BCUT2D eigenvalue weighted by Crippen LogP contribution is 2.53. The van der Waals surface area contributed by atoms with E-state index in [0.717, 1.165) is 6.07 Å². The zero-order valence-corrected chi connectivity index (χ0v) is 8.68. The van der Waals surface area contributed by atoms with Crippen LogP contribution >= 0.6 is 15.9 Å². The fraction of sp³-hybridized carbons (Fsp3) is 0.333. The molecule has 1 aromatic carbocycles. The molecule has 0 heterocycles. The van der Waals surface area contributed by atoms with E-state index in [2.05, 4.69) is 15.9 Å². The van der Waals surface area contributed by atoms with E-state index in [4.69, 9.17) is 5.11 Å².